The van der Waals surface area contributed by atoms with E-state index in [1.165, 1.54) is 0 Å². The van der Waals surface area contributed by atoms with Crippen molar-refractivity contribution >= 4 is 23.2 Å². The second-order valence-corrected chi connectivity index (χ2v) is 5.62. The van der Waals surface area contributed by atoms with Crippen molar-refractivity contribution in [2.45, 2.75) is 32.0 Å². The molecule has 1 aromatic heterocycles. The molecule has 0 aliphatic heterocycles. The van der Waals surface area contributed by atoms with Crippen LogP contribution in [0.1, 0.15) is 18.4 Å². The summed E-state index contributed by atoms with van der Waals surface area (Å²) < 4.78 is 1.63. The van der Waals surface area contributed by atoms with Gasteiger partial charge in [0.25, 0.3) is 0 Å². The van der Waals surface area contributed by atoms with Gasteiger partial charge < -0.3 is 10.6 Å². The molecule has 1 aliphatic rings. The lowest BCUT2D eigenvalue weighted by Crippen LogP contribution is -2.29. The van der Waals surface area contributed by atoms with Gasteiger partial charge in [-0.2, -0.15) is 5.10 Å². The minimum atomic E-state index is 0.0123. The number of aromatic nitrogens is 2. The number of carbonyl (C=O) groups excluding carboxylic acids is 1. The Kier molecular flexibility index (Phi) is 4.10. The van der Waals surface area contributed by atoms with Gasteiger partial charge in [-0.25, -0.2) is 0 Å². The molecule has 1 aliphatic carbocycles. The lowest BCUT2D eigenvalue weighted by molar-refractivity contribution is -0.122. The standard InChI is InChI=1S/C15H17ClN4O/c16-14-4-2-1-3-11(14)7-17-13-8-18-20(9-13)10-15(21)19-12-5-6-12/h1-4,8-9,12,17H,5-7,10H2,(H,19,21). The summed E-state index contributed by atoms with van der Waals surface area (Å²) in [6.45, 7) is 0.879. The fourth-order valence-electron chi connectivity index (χ4n) is 2.03. The van der Waals surface area contributed by atoms with E-state index in [2.05, 4.69) is 15.7 Å². The number of hydrogen-bond donors (Lipinski definition) is 2. The predicted octanol–water partition coefficient (Wildman–Crippen LogP) is 2.43. The largest absolute Gasteiger partial charge is 0.378 e. The number of nitrogens with one attached hydrogen (secondary N) is 2. The first-order chi connectivity index (χ1) is 10.2. The molecule has 1 amide bonds. The quantitative estimate of drug-likeness (QED) is 0.862. The van der Waals surface area contributed by atoms with Crippen LogP contribution in [0.2, 0.25) is 5.02 Å². The molecule has 110 valence electrons. The fraction of sp³-hybridized carbons (Fsp3) is 0.333. The smallest absolute Gasteiger partial charge is 0.241 e. The van der Waals surface area contributed by atoms with Crippen molar-refractivity contribution < 1.29 is 4.79 Å². The van der Waals surface area contributed by atoms with Crippen molar-refractivity contribution in [1.29, 1.82) is 0 Å². The van der Waals surface area contributed by atoms with Crippen molar-refractivity contribution in [1.82, 2.24) is 15.1 Å². The third-order valence-corrected chi connectivity index (χ3v) is 3.69. The van der Waals surface area contributed by atoms with Crippen LogP contribution >= 0.6 is 11.6 Å². The number of rotatable bonds is 6. The molecular weight excluding hydrogens is 288 g/mol. The molecule has 6 heteroatoms. The Morgan fingerprint density at radius 1 is 1.38 bits per heavy atom. The summed E-state index contributed by atoms with van der Waals surface area (Å²) in [5.41, 5.74) is 1.90. The average molecular weight is 305 g/mol. The van der Waals surface area contributed by atoms with Crippen molar-refractivity contribution in [3.8, 4) is 0 Å². The van der Waals surface area contributed by atoms with E-state index in [1.54, 1.807) is 10.9 Å². The second-order valence-electron chi connectivity index (χ2n) is 5.21. The number of amides is 1. The van der Waals surface area contributed by atoms with Gasteiger partial charge in [0.2, 0.25) is 5.91 Å². The Morgan fingerprint density at radius 3 is 2.95 bits per heavy atom. The van der Waals surface area contributed by atoms with Crippen molar-refractivity contribution in [3.05, 3.63) is 47.2 Å². The minimum absolute atomic E-state index is 0.0123. The van der Waals surface area contributed by atoms with Gasteiger partial charge in [-0.1, -0.05) is 29.8 Å². The molecule has 21 heavy (non-hydrogen) atoms. The van der Waals surface area contributed by atoms with Gasteiger partial charge >= 0.3 is 0 Å². The number of hydrogen-bond acceptors (Lipinski definition) is 3. The van der Waals surface area contributed by atoms with Gasteiger partial charge in [-0.05, 0) is 24.5 Å². The Labute approximate surface area is 128 Å². The highest BCUT2D eigenvalue weighted by Gasteiger charge is 2.23. The summed E-state index contributed by atoms with van der Waals surface area (Å²) in [5.74, 6) is 0.0123. The number of halogens is 1. The Hall–Kier alpha value is -2.01. The van der Waals surface area contributed by atoms with Gasteiger partial charge in [0.15, 0.2) is 0 Å². The Bertz CT molecular complexity index is 636. The molecule has 1 heterocycles. The van der Waals surface area contributed by atoms with Crippen LogP contribution in [0.15, 0.2) is 36.7 Å². The number of nitrogens with zero attached hydrogens (tertiary/aromatic N) is 2. The van der Waals surface area contributed by atoms with E-state index in [4.69, 9.17) is 11.6 Å². The van der Waals surface area contributed by atoms with Crippen LogP contribution in [-0.2, 0) is 17.9 Å². The molecule has 2 aromatic rings. The molecule has 0 saturated heterocycles. The summed E-state index contributed by atoms with van der Waals surface area (Å²) in [4.78, 5) is 11.7. The Balaban J connectivity index is 1.52. The van der Waals surface area contributed by atoms with Crippen LogP contribution in [0.25, 0.3) is 0 Å². The van der Waals surface area contributed by atoms with Crippen LogP contribution in [0.3, 0.4) is 0 Å². The maximum absolute atomic E-state index is 11.7. The minimum Gasteiger partial charge on any atom is -0.378 e. The van der Waals surface area contributed by atoms with E-state index in [1.807, 2.05) is 30.5 Å². The van der Waals surface area contributed by atoms with E-state index >= 15 is 0 Å². The monoisotopic (exact) mass is 304 g/mol. The van der Waals surface area contributed by atoms with Gasteiger partial charge in [-0.3, -0.25) is 9.48 Å². The van der Waals surface area contributed by atoms with Gasteiger partial charge in [-0.15, -0.1) is 0 Å². The lowest BCUT2D eigenvalue weighted by Gasteiger charge is -2.05. The van der Waals surface area contributed by atoms with Gasteiger partial charge in [0.05, 0.1) is 11.9 Å². The van der Waals surface area contributed by atoms with E-state index in [0.29, 0.717) is 12.6 Å². The third kappa shape index (κ3) is 3.98. The zero-order valence-corrected chi connectivity index (χ0v) is 12.3. The molecule has 0 bridgehead atoms. The second kappa shape index (κ2) is 6.18. The summed E-state index contributed by atoms with van der Waals surface area (Å²) in [6.07, 6.45) is 5.72. The fourth-order valence-corrected chi connectivity index (χ4v) is 2.23. The first-order valence-electron chi connectivity index (χ1n) is 7.00. The molecular formula is C15H17ClN4O. The third-order valence-electron chi connectivity index (χ3n) is 3.32. The van der Waals surface area contributed by atoms with Crippen molar-refractivity contribution in [3.63, 3.8) is 0 Å². The first kappa shape index (κ1) is 13.9. The maximum Gasteiger partial charge on any atom is 0.241 e. The summed E-state index contributed by atoms with van der Waals surface area (Å²) in [6, 6.07) is 8.08. The molecule has 2 N–H and O–H groups in total. The molecule has 0 spiro atoms. The topological polar surface area (TPSA) is 59.0 Å². The van der Waals surface area contributed by atoms with Crippen molar-refractivity contribution in [2.75, 3.05) is 5.32 Å². The Morgan fingerprint density at radius 2 is 2.19 bits per heavy atom. The molecule has 1 saturated carbocycles. The predicted molar refractivity (Wildman–Crippen MR) is 82.2 cm³/mol. The van der Waals surface area contributed by atoms with E-state index in [9.17, 15) is 4.79 Å². The van der Waals surface area contributed by atoms with Crippen molar-refractivity contribution in [2.24, 2.45) is 0 Å². The lowest BCUT2D eigenvalue weighted by atomic mass is 10.2. The van der Waals surface area contributed by atoms with Gasteiger partial charge in [0, 0.05) is 23.8 Å². The van der Waals surface area contributed by atoms with E-state index in [0.717, 1.165) is 29.1 Å². The molecule has 5 nitrogen and oxygen atoms in total. The number of benzene rings is 1. The molecule has 0 unspecified atom stereocenters. The zero-order valence-electron chi connectivity index (χ0n) is 11.6. The highest BCUT2D eigenvalue weighted by Crippen LogP contribution is 2.19. The summed E-state index contributed by atoms with van der Waals surface area (Å²) >= 11 is 6.11. The molecule has 3 rings (SSSR count). The molecule has 0 radical (unpaired) electrons. The number of carbonyl (C=O) groups is 1. The van der Waals surface area contributed by atoms with Crippen LogP contribution in [-0.4, -0.2) is 21.7 Å². The average Bonchev–Trinajstić information content (AvgIpc) is 3.16. The van der Waals surface area contributed by atoms with Crippen LogP contribution in [0.4, 0.5) is 5.69 Å². The SMILES string of the molecule is O=C(Cn1cc(NCc2ccccc2Cl)cn1)NC1CC1. The summed E-state index contributed by atoms with van der Waals surface area (Å²) in [5, 5.41) is 11.1. The normalized spacial score (nSPS) is 14.0. The van der Waals surface area contributed by atoms with Crippen LogP contribution in [0.5, 0.6) is 0 Å². The zero-order chi connectivity index (χ0) is 14.7. The number of anilines is 1. The first-order valence-corrected chi connectivity index (χ1v) is 7.37. The van der Waals surface area contributed by atoms with E-state index < -0.39 is 0 Å². The molecule has 1 aromatic carbocycles. The molecule has 1 fully saturated rings. The van der Waals surface area contributed by atoms with Crippen LogP contribution in [0, 0.1) is 0 Å². The van der Waals surface area contributed by atoms with E-state index in [-0.39, 0.29) is 12.5 Å². The molecule has 0 atom stereocenters. The highest BCUT2D eigenvalue weighted by atomic mass is 35.5. The highest BCUT2D eigenvalue weighted by molar-refractivity contribution is 6.31. The van der Waals surface area contributed by atoms with Gasteiger partial charge in [0.1, 0.15) is 6.54 Å². The summed E-state index contributed by atoms with van der Waals surface area (Å²) in [7, 11) is 0. The maximum atomic E-state index is 11.7. The van der Waals surface area contributed by atoms with Crippen LogP contribution < -0.4 is 10.6 Å².